The van der Waals surface area contributed by atoms with Crippen molar-refractivity contribution in [3.8, 4) is 0 Å². The molecule has 1 unspecified atom stereocenters. The Labute approximate surface area is 70.0 Å². The molecule has 0 aliphatic heterocycles. The van der Waals surface area contributed by atoms with E-state index in [9.17, 15) is 9.18 Å². The molecule has 64 valence electrons. The predicted molar refractivity (Wildman–Crippen MR) is 42.2 cm³/mol. The van der Waals surface area contributed by atoms with Crippen LogP contribution in [0.4, 0.5) is 4.39 Å². The molecule has 0 saturated heterocycles. The third-order valence-electron chi connectivity index (χ3n) is 1.58. The average molecular weight is 168 g/mol. The minimum absolute atomic E-state index is 0.320. The maximum Gasteiger partial charge on any atom is 0.153 e. The van der Waals surface area contributed by atoms with Gasteiger partial charge in [-0.25, -0.2) is 4.39 Å². The molecule has 3 heteroatoms. The molecule has 0 aromatic heterocycles. The molecule has 0 fully saturated rings. The van der Waals surface area contributed by atoms with Gasteiger partial charge in [-0.3, -0.25) is 0 Å². The third kappa shape index (κ3) is 1.89. The van der Waals surface area contributed by atoms with E-state index in [1.165, 1.54) is 31.4 Å². The molecular weight excluding hydrogens is 159 g/mol. The van der Waals surface area contributed by atoms with Crippen molar-refractivity contribution in [2.75, 3.05) is 7.11 Å². The SMILES string of the molecule is COC(C=O)c1ccc(F)cc1. The number of carbonyl (C=O) groups is 1. The van der Waals surface area contributed by atoms with Crippen LogP contribution in [-0.2, 0) is 9.53 Å². The molecular formula is C9H9FO2. The molecule has 12 heavy (non-hydrogen) atoms. The Kier molecular flexibility index (Phi) is 2.94. The molecule has 2 nitrogen and oxygen atoms in total. The Morgan fingerprint density at radius 2 is 2.00 bits per heavy atom. The first-order valence-corrected chi connectivity index (χ1v) is 3.51. The lowest BCUT2D eigenvalue weighted by Gasteiger charge is -2.07. The molecule has 0 amide bonds. The smallest absolute Gasteiger partial charge is 0.153 e. The Balaban J connectivity index is 2.87. The Morgan fingerprint density at radius 3 is 2.42 bits per heavy atom. The molecule has 0 spiro atoms. The van der Waals surface area contributed by atoms with Gasteiger partial charge in [0, 0.05) is 7.11 Å². The van der Waals surface area contributed by atoms with Gasteiger partial charge in [0.2, 0.25) is 0 Å². The van der Waals surface area contributed by atoms with Gasteiger partial charge in [-0.15, -0.1) is 0 Å². The molecule has 1 aromatic carbocycles. The van der Waals surface area contributed by atoms with Crippen LogP contribution in [0.25, 0.3) is 0 Å². The summed E-state index contributed by atoms with van der Waals surface area (Å²) in [5.41, 5.74) is 0.661. The number of benzene rings is 1. The Morgan fingerprint density at radius 1 is 1.42 bits per heavy atom. The lowest BCUT2D eigenvalue weighted by Crippen LogP contribution is -2.01. The van der Waals surface area contributed by atoms with Crippen LogP contribution in [0.3, 0.4) is 0 Å². The second-order valence-corrected chi connectivity index (χ2v) is 2.34. The monoisotopic (exact) mass is 168 g/mol. The fourth-order valence-electron chi connectivity index (χ4n) is 0.923. The predicted octanol–water partition coefficient (Wildman–Crippen LogP) is 1.71. The minimum Gasteiger partial charge on any atom is -0.369 e. The Hall–Kier alpha value is -1.22. The number of ether oxygens (including phenoxy) is 1. The number of methoxy groups -OCH3 is 1. The summed E-state index contributed by atoms with van der Waals surface area (Å²) in [6.45, 7) is 0. The highest BCUT2D eigenvalue weighted by molar-refractivity contribution is 5.59. The van der Waals surface area contributed by atoms with E-state index in [4.69, 9.17) is 4.74 Å². The average Bonchev–Trinajstić information content (AvgIpc) is 2.10. The van der Waals surface area contributed by atoms with Crippen molar-refractivity contribution in [2.45, 2.75) is 6.10 Å². The summed E-state index contributed by atoms with van der Waals surface area (Å²) in [6, 6.07) is 5.64. The standard InChI is InChI=1S/C9H9FO2/c1-12-9(6-11)7-2-4-8(10)5-3-7/h2-6,9H,1H3. The highest BCUT2D eigenvalue weighted by Crippen LogP contribution is 2.13. The fourth-order valence-corrected chi connectivity index (χ4v) is 0.923. The topological polar surface area (TPSA) is 26.3 Å². The van der Waals surface area contributed by atoms with Gasteiger partial charge in [0.05, 0.1) is 0 Å². The van der Waals surface area contributed by atoms with Gasteiger partial charge in [-0.1, -0.05) is 12.1 Å². The zero-order valence-electron chi connectivity index (χ0n) is 6.66. The Bertz CT molecular complexity index is 256. The van der Waals surface area contributed by atoms with Crippen LogP contribution in [0.15, 0.2) is 24.3 Å². The number of carbonyl (C=O) groups excluding carboxylic acids is 1. The second-order valence-electron chi connectivity index (χ2n) is 2.34. The second kappa shape index (κ2) is 3.97. The molecule has 0 aliphatic rings. The summed E-state index contributed by atoms with van der Waals surface area (Å²) >= 11 is 0. The summed E-state index contributed by atoms with van der Waals surface area (Å²) in [6.07, 6.45) is 0.0818. The van der Waals surface area contributed by atoms with Crippen molar-refractivity contribution in [1.82, 2.24) is 0 Å². The van der Waals surface area contributed by atoms with Crippen LogP contribution in [-0.4, -0.2) is 13.4 Å². The van der Waals surface area contributed by atoms with Gasteiger partial charge in [-0.2, -0.15) is 0 Å². The minimum atomic E-state index is -0.592. The van der Waals surface area contributed by atoms with E-state index in [1.54, 1.807) is 0 Å². The molecule has 0 bridgehead atoms. The van der Waals surface area contributed by atoms with E-state index in [2.05, 4.69) is 0 Å². The lowest BCUT2D eigenvalue weighted by molar-refractivity contribution is -0.116. The van der Waals surface area contributed by atoms with E-state index in [0.29, 0.717) is 11.8 Å². The zero-order chi connectivity index (χ0) is 8.97. The highest BCUT2D eigenvalue weighted by Gasteiger charge is 2.07. The highest BCUT2D eigenvalue weighted by atomic mass is 19.1. The number of hydrogen-bond acceptors (Lipinski definition) is 2. The largest absolute Gasteiger partial charge is 0.369 e. The van der Waals surface area contributed by atoms with Crippen molar-refractivity contribution < 1.29 is 13.9 Å². The number of hydrogen-bond donors (Lipinski definition) is 0. The van der Waals surface area contributed by atoms with Crippen LogP contribution in [0.5, 0.6) is 0 Å². The van der Waals surface area contributed by atoms with Gasteiger partial charge in [0.15, 0.2) is 6.29 Å². The first-order valence-electron chi connectivity index (χ1n) is 3.51. The number of halogens is 1. The molecule has 0 N–H and O–H groups in total. The van der Waals surface area contributed by atoms with Crippen molar-refractivity contribution in [3.63, 3.8) is 0 Å². The fraction of sp³-hybridized carbons (Fsp3) is 0.222. The lowest BCUT2D eigenvalue weighted by atomic mass is 10.1. The zero-order valence-corrected chi connectivity index (χ0v) is 6.66. The molecule has 1 atom stereocenters. The summed E-state index contributed by atoms with van der Waals surface area (Å²) in [7, 11) is 1.43. The van der Waals surface area contributed by atoms with E-state index in [0.717, 1.165) is 0 Å². The molecule has 0 saturated carbocycles. The summed E-state index contributed by atoms with van der Waals surface area (Å²) < 4.78 is 17.3. The first kappa shape index (κ1) is 8.87. The van der Waals surface area contributed by atoms with Crippen molar-refractivity contribution in [1.29, 1.82) is 0 Å². The van der Waals surface area contributed by atoms with Crippen molar-refractivity contribution >= 4 is 6.29 Å². The van der Waals surface area contributed by atoms with E-state index >= 15 is 0 Å². The van der Waals surface area contributed by atoms with Gasteiger partial charge >= 0.3 is 0 Å². The molecule has 0 aliphatic carbocycles. The van der Waals surface area contributed by atoms with Crippen molar-refractivity contribution in [3.05, 3.63) is 35.6 Å². The molecule has 0 radical (unpaired) electrons. The summed E-state index contributed by atoms with van der Waals surface area (Å²) in [5.74, 6) is -0.320. The first-order chi connectivity index (χ1) is 5.77. The molecule has 1 rings (SSSR count). The third-order valence-corrected chi connectivity index (χ3v) is 1.58. The van der Waals surface area contributed by atoms with Crippen LogP contribution in [0.2, 0.25) is 0 Å². The summed E-state index contributed by atoms with van der Waals surface area (Å²) in [5, 5.41) is 0. The number of aldehydes is 1. The molecule has 0 heterocycles. The van der Waals surface area contributed by atoms with Crippen LogP contribution >= 0.6 is 0 Å². The van der Waals surface area contributed by atoms with Crippen LogP contribution in [0, 0.1) is 5.82 Å². The number of rotatable bonds is 3. The van der Waals surface area contributed by atoms with Crippen molar-refractivity contribution in [2.24, 2.45) is 0 Å². The quantitative estimate of drug-likeness (QED) is 0.642. The maximum absolute atomic E-state index is 12.4. The van der Waals surface area contributed by atoms with Gasteiger partial charge in [-0.05, 0) is 17.7 Å². The van der Waals surface area contributed by atoms with Gasteiger partial charge < -0.3 is 9.53 Å². The van der Waals surface area contributed by atoms with E-state index in [1.807, 2.05) is 0 Å². The van der Waals surface area contributed by atoms with Crippen LogP contribution in [0.1, 0.15) is 11.7 Å². The summed E-state index contributed by atoms with van der Waals surface area (Å²) in [4.78, 5) is 10.4. The van der Waals surface area contributed by atoms with E-state index in [-0.39, 0.29) is 5.82 Å². The van der Waals surface area contributed by atoms with Crippen LogP contribution < -0.4 is 0 Å². The van der Waals surface area contributed by atoms with Gasteiger partial charge in [0.25, 0.3) is 0 Å². The van der Waals surface area contributed by atoms with Gasteiger partial charge in [0.1, 0.15) is 11.9 Å². The molecule has 1 aromatic rings. The van der Waals surface area contributed by atoms with E-state index < -0.39 is 6.10 Å². The normalized spacial score (nSPS) is 12.5. The maximum atomic E-state index is 12.4.